The van der Waals surface area contributed by atoms with E-state index in [1.165, 1.54) is 25.7 Å². The fraction of sp³-hybridized carbons (Fsp3) is 0.857. The van der Waals surface area contributed by atoms with Gasteiger partial charge >= 0.3 is 0 Å². The van der Waals surface area contributed by atoms with Gasteiger partial charge in [-0.05, 0) is 44.4 Å². The van der Waals surface area contributed by atoms with Gasteiger partial charge in [0.2, 0.25) is 5.89 Å². The van der Waals surface area contributed by atoms with Crippen LogP contribution < -0.4 is 5.73 Å². The molecule has 0 spiro atoms. The summed E-state index contributed by atoms with van der Waals surface area (Å²) >= 11 is 0. The second kappa shape index (κ2) is 4.05. The van der Waals surface area contributed by atoms with Crippen molar-refractivity contribution >= 4 is 0 Å². The van der Waals surface area contributed by atoms with Gasteiger partial charge in [0.1, 0.15) is 0 Å². The third kappa shape index (κ3) is 1.87. The van der Waals surface area contributed by atoms with Crippen LogP contribution in [0.15, 0.2) is 4.52 Å². The first kappa shape index (κ1) is 12.2. The standard InChI is InChI=1S/C14H23N3O/c1-10-3-5-14(9-15,6-4-10)12-16-11(17-18-12)13(2)7-8-13/h10H,3-9,15H2,1-2H3. The van der Waals surface area contributed by atoms with Gasteiger partial charge in [-0.3, -0.25) is 0 Å². The van der Waals surface area contributed by atoms with E-state index in [4.69, 9.17) is 10.3 Å². The Morgan fingerprint density at radius 1 is 1.28 bits per heavy atom. The Bertz CT molecular complexity index is 428. The summed E-state index contributed by atoms with van der Waals surface area (Å²) in [5.74, 6) is 2.48. The Hall–Kier alpha value is -0.900. The van der Waals surface area contributed by atoms with Crippen molar-refractivity contribution in [3.8, 4) is 0 Å². The number of aromatic nitrogens is 2. The second-order valence-corrected chi connectivity index (χ2v) is 6.65. The normalized spacial score (nSPS) is 34.5. The van der Waals surface area contributed by atoms with Gasteiger partial charge in [-0.1, -0.05) is 19.0 Å². The van der Waals surface area contributed by atoms with Gasteiger partial charge in [-0.25, -0.2) is 0 Å². The van der Waals surface area contributed by atoms with Gasteiger partial charge in [-0.15, -0.1) is 0 Å². The summed E-state index contributed by atoms with van der Waals surface area (Å²) in [6, 6.07) is 0. The van der Waals surface area contributed by atoms with Gasteiger partial charge in [0, 0.05) is 12.0 Å². The first-order chi connectivity index (χ1) is 8.58. The molecule has 2 aliphatic rings. The van der Waals surface area contributed by atoms with E-state index in [-0.39, 0.29) is 10.8 Å². The van der Waals surface area contributed by atoms with E-state index >= 15 is 0 Å². The highest BCUT2D eigenvalue weighted by molar-refractivity contribution is 5.17. The Morgan fingerprint density at radius 2 is 1.94 bits per heavy atom. The highest BCUT2D eigenvalue weighted by atomic mass is 16.5. The summed E-state index contributed by atoms with van der Waals surface area (Å²) in [4.78, 5) is 4.68. The van der Waals surface area contributed by atoms with Crippen LogP contribution in [0.4, 0.5) is 0 Å². The lowest BCUT2D eigenvalue weighted by atomic mass is 9.71. The molecule has 2 aliphatic carbocycles. The highest BCUT2D eigenvalue weighted by Crippen LogP contribution is 2.47. The maximum atomic E-state index is 6.02. The summed E-state index contributed by atoms with van der Waals surface area (Å²) in [7, 11) is 0. The van der Waals surface area contributed by atoms with Crippen molar-refractivity contribution < 1.29 is 4.52 Å². The average Bonchev–Trinajstić information content (AvgIpc) is 2.95. The van der Waals surface area contributed by atoms with Crippen LogP contribution in [-0.4, -0.2) is 16.7 Å². The van der Waals surface area contributed by atoms with Crippen molar-refractivity contribution in [1.29, 1.82) is 0 Å². The van der Waals surface area contributed by atoms with Crippen LogP contribution in [0.5, 0.6) is 0 Å². The smallest absolute Gasteiger partial charge is 0.234 e. The minimum atomic E-state index is -0.0526. The monoisotopic (exact) mass is 249 g/mol. The molecule has 1 heterocycles. The van der Waals surface area contributed by atoms with E-state index in [9.17, 15) is 0 Å². The second-order valence-electron chi connectivity index (χ2n) is 6.65. The van der Waals surface area contributed by atoms with Crippen LogP contribution in [0, 0.1) is 5.92 Å². The zero-order chi connectivity index (χ0) is 12.8. The van der Waals surface area contributed by atoms with Crippen molar-refractivity contribution in [2.45, 2.75) is 63.2 Å². The SMILES string of the molecule is CC1CCC(CN)(c2nc(C3(C)CC3)no2)CC1. The van der Waals surface area contributed by atoms with Crippen LogP contribution in [0.1, 0.15) is 64.1 Å². The fourth-order valence-electron chi connectivity index (χ4n) is 2.92. The molecule has 3 rings (SSSR count). The molecule has 0 radical (unpaired) electrons. The first-order valence-electron chi connectivity index (χ1n) is 7.13. The molecule has 0 aliphatic heterocycles. The molecule has 0 atom stereocenters. The molecule has 1 aromatic heterocycles. The van der Waals surface area contributed by atoms with Crippen molar-refractivity contribution in [1.82, 2.24) is 10.1 Å². The minimum Gasteiger partial charge on any atom is -0.339 e. The Labute approximate surface area is 108 Å². The summed E-state index contributed by atoms with van der Waals surface area (Å²) < 4.78 is 5.56. The lowest BCUT2D eigenvalue weighted by Gasteiger charge is -2.35. The van der Waals surface area contributed by atoms with E-state index in [1.54, 1.807) is 0 Å². The molecule has 0 saturated heterocycles. The maximum absolute atomic E-state index is 6.02. The minimum absolute atomic E-state index is 0.0526. The molecule has 1 aromatic rings. The predicted octanol–water partition coefficient (Wildman–Crippen LogP) is 2.53. The average molecular weight is 249 g/mol. The summed E-state index contributed by atoms with van der Waals surface area (Å²) in [6.45, 7) is 5.14. The highest BCUT2D eigenvalue weighted by Gasteiger charge is 2.46. The van der Waals surface area contributed by atoms with Crippen molar-refractivity contribution in [2.24, 2.45) is 11.7 Å². The lowest BCUT2D eigenvalue weighted by molar-refractivity contribution is 0.191. The van der Waals surface area contributed by atoms with Crippen LogP contribution in [0.3, 0.4) is 0 Å². The molecule has 2 fully saturated rings. The molecular formula is C14H23N3O. The topological polar surface area (TPSA) is 64.9 Å². The van der Waals surface area contributed by atoms with E-state index < -0.39 is 0 Å². The molecule has 0 unspecified atom stereocenters. The number of nitrogens with two attached hydrogens (primary N) is 1. The van der Waals surface area contributed by atoms with Crippen LogP contribution in [-0.2, 0) is 10.8 Å². The Morgan fingerprint density at radius 3 is 2.50 bits per heavy atom. The van der Waals surface area contributed by atoms with Crippen LogP contribution in [0.2, 0.25) is 0 Å². The van der Waals surface area contributed by atoms with Crippen molar-refractivity contribution in [2.75, 3.05) is 6.54 Å². The van der Waals surface area contributed by atoms with Gasteiger partial charge in [-0.2, -0.15) is 4.98 Å². The van der Waals surface area contributed by atoms with E-state index in [2.05, 4.69) is 24.0 Å². The molecule has 2 saturated carbocycles. The predicted molar refractivity (Wildman–Crippen MR) is 69.2 cm³/mol. The van der Waals surface area contributed by atoms with Gasteiger partial charge in [0.25, 0.3) is 0 Å². The molecule has 0 bridgehead atoms. The Balaban J connectivity index is 1.85. The molecule has 18 heavy (non-hydrogen) atoms. The number of rotatable bonds is 3. The van der Waals surface area contributed by atoms with E-state index in [0.29, 0.717) is 6.54 Å². The van der Waals surface area contributed by atoms with Gasteiger partial charge in [0.05, 0.1) is 5.41 Å². The Kier molecular flexibility index (Phi) is 2.73. The molecule has 4 heteroatoms. The zero-order valence-electron chi connectivity index (χ0n) is 11.4. The van der Waals surface area contributed by atoms with Crippen molar-refractivity contribution in [3.63, 3.8) is 0 Å². The lowest BCUT2D eigenvalue weighted by Crippen LogP contribution is -2.39. The first-order valence-corrected chi connectivity index (χ1v) is 7.13. The van der Waals surface area contributed by atoms with Crippen LogP contribution in [0.25, 0.3) is 0 Å². The maximum Gasteiger partial charge on any atom is 0.234 e. The number of nitrogens with zero attached hydrogens (tertiary/aromatic N) is 2. The van der Waals surface area contributed by atoms with Gasteiger partial charge < -0.3 is 10.3 Å². The summed E-state index contributed by atoms with van der Waals surface area (Å²) in [5, 5.41) is 4.20. The molecule has 100 valence electrons. The van der Waals surface area contributed by atoms with E-state index in [1.807, 2.05) is 0 Å². The largest absolute Gasteiger partial charge is 0.339 e. The molecule has 0 amide bonds. The van der Waals surface area contributed by atoms with E-state index in [0.717, 1.165) is 30.5 Å². The van der Waals surface area contributed by atoms with Crippen LogP contribution >= 0.6 is 0 Å². The fourth-order valence-corrected chi connectivity index (χ4v) is 2.92. The number of hydrogen-bond acceptors (Lipinski definition) is 4. The third-order valence-electron chi connectivity index (χ3n) is 5.04. The molecule has 2 N–H and O–H groups in total. The summed E-state index contributed by atoms with van der Waals surface area (Å²) in [5.41, 5.74) is 6.15. The molecule has 4 nitrogen and oxygen atoms in total. The number of hydrogen-bond donors (Lipinski definition) is 1. The third-order valence-corrected chi connectivity index (χ3v) is 5.04. The quantitative estimate of drug-likeness (QED) is 0.894. The van der Waals surface area contributed by atoms with Gasteiger partial charge in [0.15, 0.2) is 5.82 Å². The van der Waals surface area contributed by atoms with Crippen molar-refractivity contribution in [3.05, 3.63) is 11.7 Å². The molecular weight excluding hydrogens is 226 g/mol. The molecule has 0 aromatic carbocycles. The summed E-state index contributed by atoms with van der Waals surface area (Å²) in [6.07, 6.45) is 6.96. The zero-order valence-corrected chi connectivity index (χ0v) is 11.4.